The van der Waals surface area contributed by atoms with Crippen molar-refractivity contribution in [1.29, 1.82) is 0 Å². The fraction of sp³-hybridized carbons (Fsp3) is 0.235. The lowest BCUT2D eigenvalue weighted by Gasteiger charge is -2.16. The van der Waals surface area contributed by atoms with Crippen LogP contribution < -0.4 is 16.2 Å². The van der Waals surface area contributed by atoms with Crippen LogP contribution >= 0.6 is 0 Å². The second kappa shape index (κ2) is 5.52. The highest BCUT2D eigenvalue weighted by molar-refractivity contribution is 6.10. The van der Waals surface area contributed by atoms with Crippen LogP contribution in [0.3, 0.4) is 0 Å². The van der Waals surface area contributed by atoms with Gasteiger partial charge in [0.05, 0.1) is 23.7 Å². The van der Waals surface area contributed by atoms with E-state index in [1.54, 1.807) is 24.8 Å². The van der Waals surface area contributed by atoms with Crippen LogP contribution in [0.15, 0.2) is 18.3 Å². The molecular weight excluding hydrogens is 306 g/mol. The molecule has 0 atom stereocenters. The van der Waals surface area contributed by atoms with Crippen LogP contribution in [0.1, 0.15) is 27.3 Å². The molecule has 0 saturated carbocycles. The fourth-order valence-corrected chi connectivity index (χ4v) is 3.04. The molecule has 3 rings (SSSR count). The Balaban J connectivity index is 2.50. The Morgan fingerprint density at radius 1 is 1.25 bits per heavy atom. The van der Waals surface area contributed by atoms with Gasteiger partial charge in [-0.3, -0.25) is 9.36 Å². The van der Waals surface area contributed by atoms with Crippen molar-refractivity contribution in [2.24, 2.45) is 5.73 Å². The van der Waals surface area contributed by atoms with Crippen molar-refractivity contribution in [3.05, 3.63) is 40.8 Å². The predicted molar refractivity (Wildman–Crippen MR) is 92.6 cm³/mol. The number of nitrogen functional groups attached to an aromatic ring is 1. The highest BCUT2D eigenvalue weighted by Crippen LogP contribution is 2.35. The van der Waals surface area contributed by atoms with Crippen molar-refractivity contribution in [3.8, 4) is 11.4 Å². The third-order valence-corrected chi connectivity index (χ3v) is 4.14. The number of ether oxygens (including phenoxy) is 1. The number of amides is 1. The van der Waals surface area contributed by atoms with Crippen LogP contribution in [0, 0.1) is 20.8 Å². The Morgan fingerprint density at radius 3 is 2.58 bits per heavy atom. The van der Waals surface area contributed by atoms with Gasteiger partial charge in [0.25, 0.3) is 5.91 Å². The zero-order chi connectivity index (χ0) is 17.6. The summed E-state index contributed by atoms with van der Waals surface area (Å²) in [4.78, 5) is 20.5. The Kier molecular flexibility index (Phi) is 3.63. The number of nitrogens with two attached hydrogens (primary N) is 2. The Labute approximate surface area is 139 Å². The lowest BCUT2D eigenvalue weighted by molar-refractivity contribution is 0.100. The predicted octanol–water partition coefficient (Wildman–Crippen LogP) is 2.04. The molecule has 0 aliphatic heterocycles. The Hall–Kier alpha value is -3.09. The van der Waals surface area contributed by atoms with E-state index in [1.807, 2.05) is 26.0 Å². The zero-order valence-corrected chi connectivity index (χ0v) is 14.0. The van der Waals surface area contributed by atoms with Crippen molar-refractivity contribution in [2.75, 3.05) is 12.8 Å². The molecule has 0 aliphatic carbocycles. The molecule has 7 nitrogen and oxygen atoms in total. The number of fused-ring (bicyclic) bond motifs is 1. The molecule has 0 bridgehead atoms. The largest absolute Gasteiger partial charge is 0.496 e. The fourth-order valence-electron chi connectivity index (χ4n) is 3.04. The highest BCUT2D eigenvalue weighted by Gasteiger charge is 2.24. The molecule has 0 fully saturated rings. The zero-order valence-electron chi connectivity index (χ0n) is 14.0. The second-order valence-electron chi connectivity index (χ2n) is 5.67. The molecule has 0 spiro atoms. The van der Waals surface area contributed by atoms with Crippen LogP contribution in [0.4, 0.5) is 5.82 Å². The van der Waals surface area contributed by atoms with Gasteiger partial charge in [-0.2, -0.15) is 0 Å². The average Bonchev–Trinajstić information content (AvgIpc) is 2.80. The van der Waals surface area contributed by atoms with Crippen LogP contribution in [0.2, 0.25) is 0 Å². The van der Waals surface area contributed by atoms with E-state index in [9.17, 15) is 4.79 Å². The summed E-state index contributed by atoms with van der Waals surface area (Å²) in [5, 5.41) is 0.534. The minimum Gasteiger partial charge on any atom is -0.496 e. The smallest absolute Gasteiger partial charge is 0.253 e. The van der Waals surface area contributed by atoms with E-state index < -0.39 is 5.91 Å². The van der Waals surface area contributed by atoms with Gasteiger partial charge in [-0.25, -0.2) is 9.97 Å². The van der Waals surface area contributed by atoms with Gasteiger partial charge >= 0.3 is 0 Å². The monoisotopic (exact) mass is 325 g/mol. The summed E-state index contributed by atoms with van der Waals surface area (Å²) in [6, 6.07) is 3.83. The quantitative estimate of drug-likeness (QED) is 0.766. The van der Waals surface area contributed by atoms with Gasteiger partial charge in [0.1, 0.15) is 17.4 Å². The first-order valence-corrected chi connectivity index (χ1v) is 7.44. The van der Waals surface area contributed by atoms with Crippen LogP contribution in [-0.2, 0) is 0 Å². The summed E-state index contributed by atoms with van der Waals surface area (Å²) in [6.45, 7) is 5.68. The van der Waals surface area contributed by atoms with Crippen molar-refractivity contribution < 1.29 is 9.53 Å². The van der Waals surface area contributed by atoms with Crippen LogP contribution in [0.5, 0.6) is 5.75 Å². The number of carbonyl (C=O) groups is 1. The van der Waals surface area contributed by atoms with E-state index in [0.29, 0.717) is 16.9 Å². The summed E-state index contributed by atoms with van der Waals surface area (Å²) >= 11 is 0. The summed E-state index contributed by atoms with van der Waals surface area (Å²) < 4.78 is 7.16. The van der Waals surface area contributed by atoms with Gasteiger partial charge in [-0.1, -0.05) is 6.07 Å². The molecule has 1 amide bonds. The molecule has 3 aromatic rings. The number of aryl methyl sites for hydroxylation is 2. The van der Waals surface area contributed by atoms with Crippen LogP contribution in [-0.4, -0.2) is 27.6 Å². The third-order valence-electron chi connectivity index (χ3n) is 4.14. The molecule has 7 heteroatoms. The third kappa shape index (κ3) is 2.17. The standard InChI is InChI=1S/C17H19N5O2/c1-8-5-6-12(24-4)9(2)14(8)22-15(18)13(16(19)23)11-7-20-10(3)21-17(11)22/h5-7H,18H2,1-4H3,(H2,19,23). The SMILES string of the molecule is COc1ccc(C)c(-n2c(N)c(C(N)=O)c3cnc(C)nc32)c1C. The maximum Gasteiger partial charge on any atom is 0.253 e. The number of methoxy groups -OCH3 is 1. The minimum absolute atomic E-state index is 0.228. The number of primary amides is 1. The summed E-state index contributed by atoms with van der Waals surface area (Å²) in [5.41, 5.74) is 15.3. The van der Waals surface area contributed by atoms with Gasteiger partial charge in [0.2, 0.25) is 0 Å². The molecule has 2 heterocycles. The molecular formula is C17H19N5O2. The van der Waals surface area contributed by atoms with E-state index in [0.717, 1.165) is 22.6 Å². The summed E-state index contributed by atoms with van der Waals surface area (Å²) in [7, 11) is 1.61. The first-order chi connectivity index (χ1) is 11.4. The number of nitrogens with zero attached hydrogens (tertiary/aromatic N) is 3. The minimum atomic E-state index is -0.609. The number of aromatic nitrogens is 3. The molecule has 24 heavy (non-hydrogen) atoms. The number of carbonyl (C=O) groups excluding carboxylic acids is 1. The number of rotatable bonds is 3. The van der Waals surface area contributed by atoms with Gasteiger partial charge in [0, 0.05) is 11.8 Å². The first-order valence-electron chi connectivity index (χ1n) is 7.44. The first kappa shape index (κ1) is 15.8. The van der Waals surface area contributed by atoms with Crippen molar-refractivity contribution in [2.45, 2.75) is 20.8 Å². The van der Waals surface area contributed by atoms with Crippen molar-refractivity contribution in [3.63, 3.8) is 0 Å². The number of hydrogen-bond donors (Lipinski definition) is 2. The maximum atomic E-state index is 11.9. The van der Waals surface area contributed by atoms with Gasteiger partial charge in [0.15, 0.2) is 5.65 Å². The highest BCUT2D eigenvalue weighted by atomic mass is 16.5. The van der Waals surface area contributed by atoms with Gasteiger partial charge < -0.3 is 16.2 Å². The molecule has 1 aromatic carbocycles. The second-order valence-corrected chi connectivity index (χ2v) is 5.67. The number of hydrogen-bond acceptors (Lipinski definition) is 5. The maximum absolute atomic E-state index is 11.9. The van der Waals surface area contributed by atoms with Gasteiger partial charge in [-0.05, 0) is 32.4 Å². The van der Waals surface area contributed by atoms with Gasteiger partial charge in [-0.15, -0.1) is 0 Å². The lowest BCUT2D eigenvalue weighted by atomic mass is 10.1. The Bertz CT molecular complexity index is 975. The van der Waals surface area contributed by atoms with E-state index in [2.05, 4.69) is 9.97 Å². The summed E-state index contributed by atoms with van der Waals surface area (Å²) in [6.07, 6.45) is 1.58. The Morgan fingerprint density at radius 2 is 1.96 bits per heavy atom. The molecule has 4 N–H and O–H groups in total. The van der Waals surface area contributed by atoms with Crippen molar-refractivity contribution >= 4 is 22.8 Å². The normalized spacial score (nSPS) is 11.0. The molecule has 2 aromatic heterocycles. The molecule has 0 aliphatic rings. The van der Waals surface area contributed by atoms with E-state index in [4.69, 9.17) is 16.2 Å². The van der Waals surface area contributed by atoms with E-state index >= 15 is 0 Å². The lowest BCUT2D eigenvalue weighted by Crippen LogP contribution is -2.14. The molecule has 124 valence electrons. The molecule has 0 unspecified atom stereocenters. The van der Waals surface area contributed by atoms with Crippen molar-refractivity contribution in [1.82, 2.24) is 14.5 Å². The number of benzene rings is 1. The molecule has 0 saturated heterocycles. The van der Waals surface area contributed by atoms with E-state index in [-0.39, 0.29) is 11.4 Å². The topological polar surface area (TPSA) is 109 Å². The van der Waals surface area contributed by atoms with E-state index in [1.165, 1.54) is 0 Å². The summed E-state index contributed by atoms with van der Waals surface area (Å²) in [5.74, 6) is 0.942. The molecule has 0 radical (unpaired) electrons. The average molecular weight is 325 g/mol. The number of anilines is 1. The van der Waals surface area contributed by atoms with Crippen LogP contribution in [0.25, 0.3) is 16.7 Å².